The van der Waals surface area contributed by atoms with Crippen LogP contribution in [0.2, 0.25) is 0 Å². The Hall–Kier alpha value is -2.23. The smallest absolute Gasteiger partial charge is 0.163 e. The van der Waals surface area contributed by atoms with Crippen LogP contribution in [-0.4, -0.2) is 5.78 Å². The summed E-state index contributed by atoms with van der Waals surface area (Å²) in [7, 11) is 0. The fourth-order valence-corrected chi connectivity index (χ4v) is 1.67. The minimum Gasteiger partial charge on any atom is -0.456 e. The lowest BCUT2D eigenvalue weighted by molar-refractivity contribution is 0.101. The molecular weight excluding hydrogens is 250 g/mol. The molecule has 0 bridgehead atoms. The summed E-state index contributed by atoms with van der Waals surface area (Å²) in [4.78, 5) is 11.5. The maximum Gasteiger partial charge on any atom is 0.163 e. The van der Waals surface area contributed by atoms with Gasteiger partial charge in [-0.1, -0.05) is 6.07 Å². The number of hydrogen-bond acceptors (Lipinski definition) is 2. The first-order chi connectivity index (χ1) is 8.97. The largest absolute Gasteiger partial charge is 0.456 e. The molecule has 0 atom stereocenters. The van der Waals surface area contributed by atoms with E-state index in [4.69, 9.17) is 4.74 Å². The van der Waals surface area contributed by atoms with Crippen LogP contribution < -0.4 is 4.74 Å². The second-order valence-electron chi connectivity index (χ2n) is 4.21. The fraction of sp³-hybridized carbons (Fsp3) is 0.133. The molecule has 0 aliphatic rings. The molecule has 0 aromatic heterocycles. The molecule has 2 aromatic carbocycles. The van der Waals surface area contributed by atoms with Crippen molar-refractivity contribution in [2.24, 2.45) is 0 Å². The molecule has 0 aliphatic heterocycles. The summed E-state index contributed by atoms with van der Waals surface area (Å²) in [6, 6.07) is 8.10. The lowest BCUT2D eigenvalue weighted by Crippen LogP contribution is -2.00. The molecule has 98 valence electrons. The molecule has 0 fully saturated rings. The van der Waals surface area contributed by atoms with Crippen molar-refractivity contribution in [3.05, 3.63) is 59.2 Å². The second-order valence-corrected chi connectivity index (χ2v) is 4.21. The number of hydrogen-bond donors (Lipinski definition) is 0. The van der Waals surface area contributed by atoms with E-state index in [0.29, 0.717) is 5.56 Å². The van der Waals surface area contributed by atoms with Crippen LogP contribution in [0.15, 0.2) is 36.4 Å². The van der Waals surface area contributed by atoms with Crippen molar-refractivity contribution in [3.63, 3.8) is 0 Å². The Morgan fingerprint density at radius 3 is 2.53 bits per heavy atom. The molecule has 2 nitrogen and oxygen atoms in total. The van der Waals surface area contributed by atoms with Crippen LogP contribution in [0.3, 0.4) is 0 Å². The highest BCUT2D eigenvalue weighted by molar-refractivity contribution is 5.97. The van der Waals surface area contributed by atoms with Gasteiger partial charge >= 0.3 is 0 Å². The quantitative estimate of drug-likeness (QED) is 0.772. The average Bonchev–Trinajstić information content (AvgIpc) is 2.33. The van der Waals surface area contributed by atoms with Gasteiger partial charge in [-0.25, -0.2) is 8.78 Å². The van der Waals surface area contributed by atoms with Gasteiger partial charge in [0, 0.05) is 6.07 Å². The number of Topliss-reactive ketones (excluding diaryl/α,β-unsaturated/α-hetero) is 1. The second kappa shape index (κ2) is 5.18. The minimum absolute atomic E-state index is 0.132. The van der Waals surface area contributed by atoms with Crippen LogP contribution >= 0.6 is 0 Å². The van der Waals surface area contributed by atoms with Gasteiger partial charge in [-0.2, -0.15) is 0 Å². The number of carbonyl (C=O) groups excluding carboxylic acids is 1. The van der Waals surface area contributed by atoms with E-state index in [9.17, 15) is 13.6 Å². The zero-order valence-electron chi connectivity index (χ0n) is 10.5. The first-order valence-corrected chi connectivity index (χ1v) is 5.72. The summed E-state index contributed by atoms with van der Waals surface area (Å²) in [6.07, 6.45) is 0. The van der Waals surface area contributed by atoms with E-state index in [-0.39, 0.29) is 22.8 Å². The number of carbonyl (C=O) groups is 1. The summed E-state index contributed by atoms with van der Waals surface area (Å²) >= 11 is 0. The molecule has 0 heterocycles. The monoisotopic (exact) mass is 262 g/mol. The summed E-state index contributed by atoms with van der Waals surface area (Å²) in [6.45, 7) is 2.89. The maximum atomic E-state index is 13.5. The predicted octanol–water partition coefficient (Wildman–Crippen LogP) is 4.27. The third kappa shape index (κ3) is 2.96. The summed E-state index contributed by atoms with van der Waals surface area (Å²) in [5.41, 5.74) is 0.490. The summed E-state index contributed by atoms with van der Waals surface area (Å²) in [5, 5.41) is 0. The first-order valence-electron chi connectivity index (χ1n) is 5.72. The van der Waals surface area contributed by atoms with Crippen molar-refractivity contribution in [1.29, 1.82) is 0 Å². The van der Waals surface area contributed by atoms with Crippen LogP contribution in [0.1, 0.15) is 22.8 Å². The molecule has 0 saturated carbocycles. The zero-order valence-corrected chi connectivity index (χ0v) is 10.5. The third-order valence-electron chi connectivity index (χ3n) is 2.66. The molecule has 0 N–H and O–H groups in total. The number of benzene rings is 2. The Morgan fingerprint density at radius 1 is 1.16 bits per heavy atom. The molecular formula is C15H12F2O2. The van der Waals surface area contributed by atoms with E-state index in [1.54, 1.807) is 13.0 Å². The summed E-state index contributed by atoms with van der Waals surface area (Å²) < 4.78 is 32.0. The zero-order chi connectivity index (χ0) is 14.0. The molecule has 0 radical (unpaired) electrons. The molecule has 0 amide bonds. The molecule has 0 unspecified atom stereocenters. The van der Waals surface area contributed by atoms with Crippen molar-refractivity contribution in [3.8, 4) is 11.5 Å². The van der Waals surface area contributed by atoms with Gasteiger partial charge in [0.1, 0.15) is 23.1 Å². The van der Waals surface area contributed by atoms with Gasteiger partial charge in [-0.15, -0.1) is 0 Å². The van der Waals surface area contributed by atoms with Gasteiger partial charge in [-0.05, 0) is 43.7 Å². The van der Waals surface area contributed by atoms with Gasteiger partial charge < -0.3 is 4.74 Å². The topological polar surface area (TPSA) is 26.3 Å². The van der Waals surface area contributed by atoms with Crippen molar-refractivity contribution < 1.29 is 18.3 Å². The van der Waals surface area contributed by atoms with Crippen molar-refractivity contribution in [2.75, 3.05) is 0 Å². The number of halogens is 2. The highest BCUT2D eigenvalue weighted by Crippen LogP contribution is 2.28. The lowest BCUT2D eigenvalue weighted by atomic mass is 10.1. The van der Waals surface area contributed by atoms with Gasteiger partial charge in [0.2, 0.25) is 0 Å². The number of ketones is 1. The van der Waals surface area contributed by atoms with Crippen molar-refractivity contribution in [2.45, 2.75) is 13.8 Å². The first kappa shape index (κ1) is 13.2. The average molecular weight is 262 g/mol. The van der Waals surface area contributed by atoms with Crippen LogP contribution in [0.4, 0.5) is 8.78 Å². The Bertz CT molecular complexity index is 636. The van der Waals surface area contributed by atoms with Crippen LogP contribution in [-0.2, 0) is 0 Å². The molecule has 0 spiro atoms. The Morgan fingerprint density at radius 2 is 1.89 bits per heavy atom. The Balaban J connectivity index is 2.44. The maximum absolute atomic E-state index is 13.5. The van der Waals surface area contributed by atoms with Gasteiger partial charge in [-0.3, -0.25) is 4.79 Å². The van der Waals surface area contributed by atoms with Crippen LogP contribution in [0.5, 0.6) is 11.5 Å². The van der Waals surface area contributed by atoms with E-state index >= 15 is 0 Å². The van der Waals surface area contributed by atoms with Gasteiger partial charge in [0.15, 0.2) is 5.78 Å². The molecule has 19 heavy (non-hydrogen) atoms. The Labute approximate surface area is 109 Å². The van der Waals surface area contributed by atoms with E-state index in [0.717, 1.165) is 6.07 Å². The predicted molar refractivity (Wildman–Crippen MR) is 67.6 cm³/mol. The Kier molecular flexibility index (Phi) is 3.60. The van der Waals surface area contributed by atoms with E-state index in [1.165, 1.54) is 31.2 Å². The molecule has 2 aromatic rings. The van der Waals surface area contributed by atoms with Crippen LogP contribution in [0.25, 0.3) is 0 Å². The van der Waals surface area contributed by atoms with E-state index in [1.807, 2.05) is 0 Å². The van der Waals surface area contributed by atoms with Crippen molar-refractivity contribution in [1.82, 2.24) is 0 Å². The molecule has 4 heteroatoms. The highest BCUT2D eigenvalue weighted by Gasteiger charge is 2.13. The minimum atomic E-state index is -0.475. The number of aryl methyl sites for hydroxylation is 1. The fourth-order valence-electron chi connectivity index (χ4n) is 1.67. The summed E-state index contributed by atoms with van der Waals surface area (Å²) in [5.74, 6) is -0.756. The molecule has 2 rings (SSSR count). The van der Waals surface area contributed by atoms with Crippen molar-refractivity contribution >= 4 is 5.78 Å². The number of ether oxygens (including phenoxy) is 1. The van der Waals surface area contributed by atoms with E-state index in [2.05, 4.69) is 0 Å². The molecule has 0 saturated heterocycles. The van der Waals surface area contributed by atoms with Gasteiger partial charge in [0.25, 0.3) is 0 Å². The lowest BCUT2D eigenvalue weighted by Gasteiger charge is -2.11. The third-order valence-corrected chi connectivity index (χ3v) is 2.66. The molecule has 0 aliphatic carbocycles. The van der Waals surface area contributed by atoms with E-state index < -0.39 is 11.6 Å². The number of rotatable bonds is 3. The highest BCUT2D eigenvalue weighted by atomic mass is 19.1. The standard InChI is InChI=1S/C15H12F2O2/c1-9-6-15(13(10(2)18)8-14(9)17)19-12-5-3-4-11(16)7-12/h3-8H,1-2H3. The van der Waals surface area contributed by atoms with Crippen LogP contribution in [0, 0.1) is 18.6 Å². The SMILES string of the molecule is CC(=O)c1cc(F)c(C)cc1Oc1cccc(F)c1. The normalized spacial score (nSPS) is 10.3. The van der Waals surface area contributed by atoms with Gasteiger partial charge in [0.05, 0.1) is 5.56 Å².